The zero-order valence-electron chi connectivity index (χ0n) is 7.74. The SMILES string of the molecule is O=C(Nc1c(Cl)cccc1Cl)c1nn[nH]n1. The highest BCUT2D eigenvalue weighted by Gasteiger charge is 2.14. The van der Waals surface area contributed by atoms with Gasteiger partial charge in [0.05, 0.1) is 15.7 Å². The summed E-state index contributed by atoms with van der Waals surface area (Å²) >= 11 is 11.7. The van der Waals surface area contributed by atoms with Crippen LogP contribution in [0.25, 0.3) is 0 Å². The van der Waals surface area contributed by atoms with E-state index in [0.29, 0.717) is 15.7 Å². The molecule has 1 heterocycles. The highest BCUT2D eigenvalue weighted by atomic mass is 35.5. The highest BCUT2D eigenvalue weighted by molar-refractivity contribution is 6.39. The van der Waals surface area contributed by atoms with Gasteiger partial charge < -0.3 is 5.32 Å². The normalized spacial score (nSPS) is 10.1. The number of aromatic amines is 1. The number of para-hydroxylation sites is 1. The molecular weight excluding hydrogens is 253 g/mol. The first-order valence-electron chi connectivity index (χ1n) is 4.17. The fourth-order valence-corrected chi connectivity index (χ4v) is 1.54. The van der Waals surface area contributed by atoms with E-state index in [-0.39, 0.29) is 5.82 Å². The molecule has 0 unspecified atom stereocenters. The Hall–Kier alpha value is -1.66. The molecule has 1 amide bonds. The minimum absolute atomic E-state index is 0.0870. The van der Waals surface area contributed by atoms with Gasteiger partial charge in [-0.1, -0.05) is 29.3 Å². The third kappa shape index (κ3) is 2.12. The van der Waals surface area contributed by atoms with E-state index in [1.165, 1.54) is 0 Å². The summed E-state index contributed by atoms with van der Waals surface area (Å²) in [5, 5.41) is 15.7. The van der Waals surface area contributed by atoms with Crippen molar-refractivity contribution in [3.05, 3.63) is 34.1 Å². The van der Waals surface area contributed by atoms with Crippen LogP contribution in [0.1, 0.15) is 10.6 Å². The van der Waals surface area contributed by atoms with Crippen molar-refractivity contribution in [3.8, 4) is 0 Å². The van der Waals surface area contributed by atoms with E-state index < -0.39 is 5.91 Å². The van der Waals surface area contributed by atoms with Crippen LogP contribution in [0.5, 0.6) is 0 Å². The number of nitrogens with one attached hydrogen (secondary N) is 2. The number of hydrogen-bond donors (Lipinski definition) is 2. The van der Waals surface area contributed by atoms with Crippen LogP contribution in [0.15, 0.2) is 18.2 Å². The van der Waals surface area contributed by atoms with Crippen molar-refractivity contribution < 1.29 is 4.79 Å². The molecule has 0 aliphatic carbocycles. The minimum atomic E-state index is -0.538. The van der Waals surface area contributed by atoms with Gasteiger partial charge in [-0.25, -0.2) is 0 Å². The molecule has 0 spiro atoms. The molecule has 16 heavy (non-hydrogen) atoms. The first kappa shape index (κ1) is 10.8. The van der Waals surface area contributed by atoms with E-state index in [0.717, 1.165) is 0 Å². The Morgan fingerprint density at radius 1 is 1.31 bits per heavy atom. The second-order valence-corrected chi connectivity index (χ2v) is 3.60. The van der Waals surface area contributed by atoms with Crippen LogP contribution >= 0.6 is 23.2 Å². The van der Waals surface area contributed by atoms with Crippen LogP contribution in [0.3, 0.4) is 0 Å². The van der Waals surface area contributed by atoms with Crippen molar-refractivity contribution in [2.24, 2.45) is 0 Å². The molecule has 2 aromatic rings. The largest absolute Gasteiger partial charge is 0.317 e. The second-order valence-electron chi connectivity index (χ2n) is 2.79. The van der Waals surface area contributed by atoms with E-state index in [9.17, 15) is 4.79 Å². The van der Waals surface area contributed by atoms with E-state index in [1.807, 2.05) is 0 Å². The minimum Gasteiger partial charge on any atom is -0.317 e. The predicted molar refractivity (Wildman–Crippen MR) is 58.6 cm³/mol. The third-order valence-electron chi connectivity index (χ3n) is 1.75. The van der Waals surface area contributed by atoms with Crippen LogP contribution in [-0.4, -0.2) is 26.5 Å². The van der Waals surface area contributed by atoms with Crippen LogP contribution in [0.2, 0.25) is 10.0 Å². The van der Waals surface area contributed by atoms with Gasteiger partial charge in [-0.15, -0.1) is 10.2 Å². The molecule has 0 radical (unpaired) electrons. The summed E-state index contributed by atoms with van der Waals surface area (Å²) in [6.45, 7) is 0. The third-order valence-corrected chi connectivity index (χ3v) is 2.38. The van der Waals surface area contributed by atoms with Crippen molar-refractivity contribution in [1.82, 2.24) is 20.6 Å². The molecule has 6 nitrogen and oxygen atoms in total. The number of anilines is 1. The molecule has 0 fully saturated rings. The quantitative estimate of drug-likeness (QED) is 0.859. The first-order valence-corrected chi connectivity index (χ1v) is 4.93. The predicted octanol–water partition coefficient (Wildman–Crippen LogP) is 1.76. The fourth-order valence-electron chi connectivity index (χ4n) is 1.04. The molecule has 1 aromatic carbocycles. The van der Waals surface area contributed by atoms with E-state index in [2.05, 4.69) is 25.9 Å². The zero-order chi connectivity index (χ0) is 11.5. The number of H-pyrrole nitrogens is 1. The number of aromatic nitrogens is 4. The maximum Gasteiger partial charge on any atom is 0.297 e. The number of rotatable bonds is 2. The molecule has 82 valence electrons. The molecule has 1 aromatic heterocycles. The summed E-state index contributed by atoms with van der Waals surface area (Å²) in [6, 6.07) is 4.90. The highest BCUT2D eigenvalue weighted by Crippen LogP contribution is 2.29. The summed E-state index contributed by atoms with van der Waals surface area (Å²) in [5.74, 6) is -0.625. The maximum absolute atomic E-state index is 11.6. The summed E-state index contributed by atoms with van der Waals surface area (Å²) in [7, 11) is 0. The number of hydrogen-bond acceptors (Lipinski definition) is 4. The Morgan fingerprint density at radius 3 is 2.56 bits per heavy atom. The van der Waals surface area contributed by atoms with Gasteiger partial charge >= 0.3 is 0 Å². The number of halogens is 2. The molecule has 0 bridgehead atoms. The lowest BCUT2D eigenvalue weighted by Gasteiger charge is -2.06. The smallest absolute Gasteiger partial charge is 0.297 e. The van der Waals surface area contributed by atoms with Gasteiger partial charge in [0, 0.05) is 0 Å². The Morgan fingerprint density at radius 2 is 2.00 bits per heavy atom. The molecule has 2 rings (SSSR count). The molecule has 2 N–H and O–H groups in total. The number of tetrazole rings is 1. The van der Waals surface area contributed by atoms with Crippen molar-refractivity contribution in [2.45, 2.75) is 0 Å². The van der Waals surface area contributed by atoms with Gasteiger partial charge in [0.25, 0.3) is 11.7 Å². The van der Waals surface area contributed by atoms with Crippen molar-refractivity contribution >= 4 is 34.8 Å². The van der Waals surface area contributed by atoms with Crippen molar-refractivity contribution in [1.29, 1.82) is 0 Å². The van der Waals surface area contributed by atoms with Gasteiger partial charge in [-0.3, -0.25) is 4.79 Å². The van der Waals surface area contributed by atoms with Crippen LogP contribution < -0.4 is 5.32 Å². The topological polar surface area (TPSA) is 83.6 Å². The van der Waals surface area contributed by atoms with Crippen molar-refractivity contribution in [3.63, 3.8) is 0 Å². The van der Waals surface area contributed by atoms with Crippen LogP contribution in [0, 0.1) is 0 Å². The van der Waals surface area contributed by atoms with E-state index >= 15 is 0 Å². The number of benzene rings is 1. The number of nitrogens with zero attached hydrogens (tertiary/aromatic N) is 3. The monoisotopic (exact) mass is 257 g/mol. The summed E-state index contributed by atoms with van der Waals surface area (Å²) < 4.78 is 0. The lowest BCUT2D eigenvalue weighted by molar-refractivity contribution is 0.101. The van der Waals surface area contributed by atoms with E-state index in [4.69, 9.17) is 23.2 Å². The molecule has 0 aliphatic heterocycles. The van der Waals surface area contributed by atoms with Gasteiger partial charge in [-0.05, 0) is 17.3 Å². The Kier molecular flexibility index (Phi) is 3.02. The fraction of sp³-hybridized carbons (Fsp3) is 0. The molecule has 8 heteroatoms. The average Bonchev–Trinajstić information content (AvgIpc) is 2.76. The second kappa shape index (κ2) is 4.46. The number of carbonyl (C=O) groups excluding carboxylic acids is 1. The Labute approximate surface area is 99.9 Å². The van der Waals surface area contributed by atoms with Gasteiger partial charge in [0.15, 0.2) is 0 Å². The summed E-state index contributed by atoms with van der Waals surface area (Å²) in [5.41, 5.74) is 0.320. The van der Waals surface area contributed by atoms with Crippen LogP contribution in [-0.2, 0) is 0 Å². The lowest BCUT2D eigenvalue weighted by atomic mass is 10.3. The molecule has 0 saturated heterocycles. The molecule has 0 aliphatic rings. The standard InChI is InChI=1S/C8H5Cl2N5O/c9-4-2-1-3-5(10)6(4)11-8(16)7-12-14-15-13-7/h1-3H,(H,11,16)(H,12,13,14,15). The summed E-state index contributed by atoms with van der Waals surface area (Å²) in [4.78, 5) is 11.6. The Balaban J connectivity index is 2.25. The zero-order valence-corrected chi connectivity index (χ0v) is 9.25. The molecule has 0 atom stereocenters. The molecule has 0 saturated carbocycles. The van der Waals surface area contributed by atoms with Gasteiger partial charge in [0.2, 0.25) is 0 Å². The van der Waals surface area contributed by atoms with Crippen LogP contribution in [0.4, 0.5) is 5.69 Å². The summed E-state index contributed by atoms with van der Waals surface area (Å²) in [6.07, 6.45) is 0. The van der Waals surface area contributed by atoms with E-state index in [1.54, 1.807) is 18.2 Å². The number of carbonyl (C=O) groups is 1. The van der Waals surface area contributed by atoms with Gasteiger partial charge in [0.1, 0.15) is 0 Å². The Bertz CT molecular complexity index is 493. The number of amides is 1. The average molecular weight is 258 g/mol. The maximum atomic E-state index is 11.6. The lowest BCUT2D eigenvalue weighted by Crippen LogP contribution is -2.14. The van der Waals surface area contributed by atoms with Crippen molar-refractivity contribution in [2.75, 3.05) is 5.32 Å². The molecular formula is C8H5Cl2N5O. The van der Waals surface area contributed by atoms with Gasteiger partial charge in [-0.2, -0.15) is 5.21 Å². The first-order chi connectivity index (χ1) is 7.68.